The lowest BCUT2D eigenvalue weighted by molar-refractivity contribution is -0.117. The van der Waals surface area contributed by atoms with Gasteiger partial charge in [-0.3, -0.25) is 9.89 Å². The van der Waals surface area contributed by atoms with Crippen LogP contribution in [0.5, 0.6) is 0 Å². The minimum absolute atomic E-state index is 0.0203. The highest BCUT2D eigenvalue weighted by Gasteiger charge is 2.30. The molecule has 5 rings (SSSR count). The second kappa shape index (κ2) is 8.40. The molecule has 158 valence electrons. The third-order valence-electron chi connectivity index (χ3n) is 5.19. The molecule has 32 heavy (non-hydrogen) atoms. The Labute approximate surface area is 197 Å². The number of thiophene rings is 1. The third-order valence-corrected chi connectivity index (χ3v) is 7.01. The molecule has 0 saturated heterocycles. The van der Waals surface area contributed by atoms with Crippen LogP contribution in [-0.2, 0) is 4.79 Å². The van der Waals surface area contributed by atoms with Gasteiger partial charge >= 0.3 is 0 Å². The number of amides is 1. The zero-order chi connectivity index (χ0) is 22.2. The predicted molar refractivity (Wildman–Crippen MR) is 127 cm³/mol. The van der Waals surface area contributed by atoms with E-state index >= 15 is 0 Å². The zero-order valence-electron chi connectivity index (χ0n) is 16.5. The number of nitrogens with zero attached hydrogens (tertiary/aromatic N) is 3. The lowest BCUT2D eigenvalue weighted by Crippen LogP contribution is -2.14. The summed E-state index contributed by atoms with van der Waals surface area (Å²) in [4.78, 5) is 18.0. The van der Waals surface area contributed by atoms with Gasteiger partial charge in [0.15, 0.2) is 0 Å². The summed E-state index contributed by atoms with van der Waals surface area (Å²) in [5.74, 6) is 0.515. The average molecular weight is 480 g/mol. The molecule has 3 aromatic heterocycles. The standard InChI is InChI=1S/C23H15Cl2N5OS/c24-14-3-4-15(17(25)10-14)20-16(11-26)21(32-22(20)18-6-8-28-30-18)13-5-7-27-19(9-13)29-23(31)12-1-2-12/h3-10,12H,1-2H2,(H,28,30)(H,27,29,31). The molecule has 1 aliphatic carbocycles. The first-order valence-corrected chi connectivity index (χ1v) is 11.4. The fourth-order valence-electron chi connectivity index (χ4n) is 3.48. The van der Waals surface area contributed by atoms with E-state index in [1.165, 1.54) is 11.3 Å². The van der Waals surface area contributed by atoms with Crippen LogP contribution in [0.3, 0.4) is 0 Å². The van der Waals surface area contributed by atoms with Gasteiger partial charge in [0, 0.05) is 39.5 Å². The van der Waals surface area contributed by atoms with Crippen molar-refractivity contribution in [2.45, 2.75) is 12.8 Å². The monoisotopic (exact) mass is 479 g/mol. The number of halogens is 2. The van der Waals surface area contributed by atoms with Crippen LogP contribution in [0.2, 0.25) is 10.0 Å². The van der Waals surface area contributed by atoms with E-state index in [1.807, 2.05) is 18.2 Å². The van der Waals surface area contributed by atoms with Gasteiger partial charge in [-0.25, -0.2) is 4.98 Å². The molecule has 4 aromatic rings. The topological polar surface area (TPSA) is 94.5 Å². The third kappa shape index (κ3) is 3.89. The van der Waals surface area contributed by atoms with Crippen LogP contribution in [0.25, 0.3) is 32.1 Å². The summed E-state index contributed by atoms with van der Waals surface area (Å²) in [6, 6.07) is 13.0. The minimum atomic E-state index is -0.0203. The van der Waals surface area contributed by atoms with Gasteiger partial charge in [0.25, 0.3) is 0 Å². The van der Waals surface area contributed by atoms with Gasteiger partial charge in [0.05, 0.1) is 21.0 Å². The molecule has 0 aliphatic heterocycles. The van der Waals surface area contributed by atoms with Crippen LogP contribution in [0.1, 0.15) is 18.4 Å². The first kappa shape index (κ1) is 20.7. The van der Waals surface area contributed by atoms with E-state index in [0.29, 0.717) is 32.6 Å². The largest absolute Gasteiger partial charge is 0.310 e. The van der Waals surface area contributed by atoms with Crippen molar-refractivity contribution >= 4 is 46.3 Å². The summed E-state index contributed by atoms with van der Waals surface area (Å²) >= 11 is 14.1. The van der Waals surface area contributed by atoms with Gasteiger partial charge in [0.1, 0.15) is 11.9 Å². The van der Waals surface area contributed by atoms with Crippen molar-refractivity contribution in [3.05, 3.63) is 64.4 Å². The number of hydrogen-bond acceptors (Lipinski definition) is 5. The molecule has 9 heteroatoms. The molecular weight excluding hydrogens is 465 g/mol. The van der Waals surface area contributed by atoms with E-state index in [1.54, 1.807) is 30.6 Å². The molecule has 6 nitrogen and oxygen atoms in total. The van der Waals surface area contributed by atoms with Crippen molar-refractivity contribution in [3.8, 4) is 38.2 Å². The molecule has 0 radical (unpaired) electrons. The normalized spacial score (nSPS) is 13.0. The highest BCUT2D eigenvalue weighted by atomic mass is 35.5. The molecular formula is C23H15Cl2N5OS. The van der Waals surface area contributed by atoms with E-state index in [2.05, 4.69) is 26.6 Å². The number of anilines is 1. The fourth-order valence-corrected chi connectivity index (χ4v) is 5.22. The van der Waals surface area contributed by atoms with Gasteiger partial charge in [-0.15, -0.1) is 11.3 Å². The van der Waals surface area contributed by atoms with Gasteiger partial charge < -0.3 is 5.32 Å². The molecule has 1 aliphatic rings. The number of hydrogen-bond donors (Lipinski definition) is 2. The second-order valence-corrected chi connectivity index (χ2v) is 9.27. The first-order valence-electron chi connectivity index (χ1n) is 9.84. The molecule has 1 fully saturated rings. The number of aromatic amines is 1. The maximum absolute atomic E-state index is 12.2. The first-order chi connectivity index (χ1) is 15.5. The molecule has 3 heterocycles. The molecule has 1 saturated carbocycles. The number of rotatable bonds is 5. The Morgan fingerprint density at radius 3 is 2.69 bits per heavy atom. The Kier molecular flexibility index (Phi) is 5.43. The lowest BCUT2D eigenvalue weighted by atomic mass is 9.98. The van der Waals surface area contributed by atoms with Crippen LogP contribution >= 0.6 is 34.5 Å². The Morgan fingerprint density at radius 2 is 2.00 bits per heavy atom. The van der Waals surface area contributed by atoms with Gasteiger partial charge in [0.2, 0.25) is 5.91 Å². The number of nitriles is 1. The minimum Gasteiger partial charge on any atom is -0.310 e. The van der Waals surface area contributed by atoms with Gasteiger partial charge in [-0.05, 0) is 48.7 Å². The smallest absolute Gasteiger partial charge is 0.228 e. The van der Waals surface area contributed by atoms with E-state index in [4.69, 9.17) is 23.2 Å². The Hall–Kier alpha value is -3.18. The molecule has 0 unspecified atom stereocenters. The van der Waals surface area contributed by atoms with Crippen molar-refractivity contribution in [1.29, 1.82) is 5.26 Å². The number of aromatic nitrogens is 3. The quantitative estimate of drug-likeness (QED) is 0.346. The van der Waals surface area contributed by atoms with E-state index in [-0.39, 0.29) is 11.8 Å². The predicted octanol–water partition coefficient (Wildman–Crippen LogP) is 6.39. The van der Waals surface area contributed by atoms with Crippen molar-refractivity contribution in [1.82, 2.24) is 15.2 Å². The zero-order valence-corrected chi connectivity index (χ0v) is 18.9. The molecule has 1 aromatic carbocycles. The maximum Gasteiger partial charge on any atom is 0.228 e. The summed E-state index contributed by atoms with van der Waals surface area (Å²) in [7, 11) is 0. The number of carbonyl (C=O) groups excluding carboxylic acids is 1. The van der Waals surface area contributed by atoms with Crippen LogP contribution < -0.4 is 5.32 Å². The van der Waals surface area contributed by atoms with E-state index in [0.717, 1.165) is 33.9 Å². The maximum atomic E-state index is 12.2. The summed E-state index contributed by atoms with van der Waals surface area (Å²) in [5, 5.41) is 21.0. The van der Waals surface area contributed by atoms with Crippen molar-refractivity contribution in [3.63, 3.8) is 0 Å². The Bertz CT molecular complexity index is 1370. The van der Waals surface area contributed by atoms with Crippen molar-refractivity contribution in [2.75, 3.05) is 5.32 Å². The average Bonchev–Trinajstić information content (AvgIpc) is 3.36. The molecule has 1 amide bonds. The molecule has 0 spiro atoms. The molecule has 0 bridgehead atoms. The number of benzene rings is 1. The van der Waals surface area contributed by atoms with Gasteiger partial charge in [-0.1, -0.05) is 29.3 Å². The Morgan fingerprint density at radius 1 is 1.16 bits per heavy atom. The summed E-state index contributed by atoms with van der Waals surface area (Å²) in [5.41, 5.74) is 3.45. The Balaban J connectivity index is 1.67. The van der Waals surface area contributed by atoms with Gasteiger partial charge in [-0.2, -0.15) is 10.4 Å². The van der Waals surface area contributed by atoms with Crippen LogP contribution in [0.15, 0.2) is 48.8 Å². The lowest BCUT2D eigenvalue weighted by Gasteiger charge is -2.07. The highest BCUT2D eigenvalue weighted by Crippen LogP contribution is 2.48. The fraction of sp³-hybridized carbons (Fsp3) is 0.130. The summed E-state index contributed by atoms with van der Waals surface area (Å²) < 4.78 is 0. The second-order valence-electron chi connectivity index (χ2n) is 7.41. The van der Waals surface area contributed by atoms with Crippen LogP contribution in [0.4, 0.5) is 5.82 Å². The van der Waals surface area contributed by atoms with Crippen LogP contribution in [-0.4, -0.2) is 21.1 Å². The van der Waals surface area contributed by atoms with E-state index < -0.39 is 0 Å². The number of nitrogens with one attached hydrogen (secondary N) is 2. The summed E-state index contributed by atoms with van der Waals surface area (Å²) in [6.45, 7) is 0. The highest BCUT2D eigenvalue weighted by molar-refractivity contribution is 7.19. The summed E-state index contributed by atoms with van der Waals surface area (Å²) in [6.07, 6.45) is 5.11. The van der Waals surface area contributed by atoms with Crippen molar-refractivity contribution < 1.29 is 4.79 Å². The SMILES string of the molecule is N#Cc1c(-c2ccnc(NC(=O)C3CC3)c2)sc(-c2ccn[nH]2)c1-c1ccc(Cl)cc1Cl. The van der Waals surface area contributed by atoms with Crippen molar-refractivity contribution in [2.24, 2.45) is 5.92 Å². The number of H-pyrrole nitrogens is 1. The molecule has 0 atom stereocenters. The molecule has 2 N–H and O–H groups in total. The van der Waals surface area contributed by atoms with E-state index in [9.17, 15) is 10.1 Å². The number of carbonyl (C=O) groups is 1. The van der Waals surface area contributed by atoms with Crippen LogP contribution in [0, 0.1) is 17.2 Å². The number of pyridine rings is 1.